The van der Waals surface area contributed by atoms with Crippen LogP contribution >= 0.6 is 0 Å². The van der Waals surface area contributed by atoms with E-state index in [4.69, 9.17) is 10.2 Å². The maximum atomic E-state index is 11.1. The van der Waals surface area contributed by atoms with Crippen LogP contribution in [0, 0.1) is 11.8 Å². The summed E-state index contributed by atoms with van der Waals surface area (Å²) in [7, 11) is 0. The van der Waals surface area contributed by atoms with E-state index < -0.39 is 23.9 Å². The van der Waals surface area contributed by atoms with Crippen LogP contribution in [-0.2, 0) is 9.59 Å². The summed E-state index contributed by atoms with van der Waals surface area (Å²) in [5.74, 6) is -2.10. The number of aliphatic hydroxyl groups is 1. The highest BCUT2D eigenvalue weighted by molar-refractivity contribution is 5.89. The quantitative estimate of drug-likeness (QED) is 0.538. The van der Waals surface area contributed by atoms with Crippen LogP contribution in [0.4, 0.5) is 0 Å². The molecule has 3 atom stereocenters. The number of carbonyl (C=O) groups is 2. The first-order valence-corrected chi connectivity index (χ1v) is 4.21. The number of rotatable bonds is 4. The molecule has 3 N–H and O–H groups in total. The predicted octanol–water partition coefficient (Wildman–Crippen LogP) is -0.796. The average Bonchev–Trinajstić information content (AvgIpc) is 2.78. The van der Waals surface area contributed by atoms with Gasteiger partial charge in [0.1, 0.15) is 0 Å². The number of carbonyl (C=O) groups excluding carboxylic acids is 1. The van der Waals surface area contributed by atoms with E-state index in [1.54, 1.807) is 6.92 Å². The van der Waals surface area contributed by atoms with E-state index in [1.165, 1.54) is 0 Å². The Bertz CT molecular complexity index is 226. The monoisotopic (exact) mass is 187 g/mol. The SMILES string of the molecule is C[C@@H](O)CNC(=O)C1CC1C(=O)O. The van der Waals surface area contributed by atoms with Crippen LogP contribution in [0.15, 0.2) is 0 Å². The Morgan fingerprint density at radius 2 is 2.15 bits per heavy atom. The fourth-order valence-electron chi connectivity index (χ4n) is 1.14. The van der Waals surface area contributed by atoms with E-state index in [9.17, 15) is 9.59 Å². The van der Waals surface area contributed by atoms with Crippen molar-refractivity contribution in [1.29, 1.82) is 0 Å². The first-order valence-electron chi connectivity index (χ1n) is 4.21. The van der Waals surface area contributed by atoms with Gasteiger partial charge in [-0.3, -0.25) is 9.59 Å². The highest BCUT2D eigenvalue weighted by Gasteiger charge is 2.48. The zero-order chi connectivity index (χ0) is 10.0. The molecule has 5 nitrogen and oxygen atoms in total. The Hall–Kier alpha value is -1.10. The number of carboxylic acids is 1. The minimum Gasteiger partial charge on any atom is -0.481 e. The first kappa shape index (κ1) is 9.98. The second kappa shape index (κ2) is 3.74. The van der Waals surface area contributed by atoms with Crippen molar-refractivity contribution in [1.82, 2.24) is 5.32 Å². The van der Waals surface area contributed by atoms with E-state index >= 15 is 0 Å². The summed E-state index contributed by atoms with van der Waals surface area (Å²) >= 11 is 0. The third kappa shape index (κ3) is 2.69. The number of aliphatic hydroxyl groups excluding tert-OH is 1. The Morgan fingerprint density at radius 3 is 2.54 bits per heavy atom. The molecule has 0 aromatic rings. The van der Waals surface area contributed by atoms with Crippen molar-refractivity contribution in [2.75, 3.05) is 6.54 Å². The van der Waals surface area contributed by atoms with E-state index in [0.717, 1.165) is 0 Å². The second-order valence-corrected chi connectivity index (χ2v) is 3.38. The third-order valence-electron chi connectivity index (χ3n) is 2.02. The van der Waals surface area contributed by atoms with Gasteiger partial charge in [0.25, 0.3) is 0 Å². The van der Waals surface area contributed by atoms with Crippen LogP contribution in [-0.4, -0.2) is 34.7 Å². The molecule has 1 aliphatic rings. The standard InChI is InChI=1S/C8H13NO4/c1-4(10)3-9-7(11)5-2-6(5)8(12)13/h4-6,10H,2-3H2,1H3,(H,9,11)(H,12,13)/t4-,5?,6?/m1/s1. The minimum atomic E-state index is -0.919. The number of hydrogen-bond acceptors (Lipinski definition) is 3. The van der Waals surface area contributed by atoms with Crippen LogP contribution in [0.2, 0.25) is 0 Å². The number of hydrogen-bond donors (Lipinski definition) is 3. The smallest absolute Gasteiger partial charge is 0.307 e. The van der Waals surface area contributed by atoms with Gasteiger partial charge in [0, 0.05) is 6.54 Å². The van der Waals surface area contributed by atoms with Crippen molar-refractivity contribution >= 4 is 11.9 Å². The molecule has 1 aliphatic carbocycles. The van der Waals surface area contributed by atoms with Gasteiger partial charge in [0.2, 0.25) is 5.91 Å². The third-order valence-corrected chi connectivity index (χ3v) is 2.02. The van der Waals surface area contributed by atoms with Crippen LogP contribution in [0.1, 0.15) is 13.3 Å². The summed E-state index contributed by atoms with van der Waals surface area (Å²) in [5.41, 5.74) is 0. The molecular formula is C8H13NO4. The Balaban J connectivity index is 2.24. The summed E-state index contributed by atoms with van der Waals surface area (Å²) in [5, 5.41) is 19.8. The molecule has 0 aromatic heterocycles. The highest BCUT2D eigenvalue weighted by Crippen LogP contribution is 2.38. The molecule has 13 heavy (non-hydrogen) atoms. The molecule has 5 heteroatoms. The topological polar surface area (TPSA) is 86.6 Å². The number of nitrogens with one attached hydrogen (secondary N) is 1. The van der Waals surface area contributed by atoms with Gasteiger partial charge in [-0.1, -0.05) is 0 Å². The zero-order valence-electron chi connectivity index (χ0n) is 7.36. The fourth-order valence-corrected chi connectivity index (χ4v) is 1.14. The van der Waals surface area contributed by atoms with Crippen molar-refractivity contribution < 1.29 is 19.8 Å². The molecule has 0 saturated heterocycles. The van der Waals surface area contributed by atoms with Crippen LogP contribution in [0.5, 0.6) is 0 Å². The molecule has 74 valence electrons. The van der Waals surface area contributed by atoms with Crippen molar-refractivity contribution in [2.45, 2.75) is 19.4 Å². The fraction of sp³-hybridized carbons (Fsp3) is 0.750. The zero-order valence-corrected chi connectivity index (χ0v) is 7.36. The lowest BCUT2D eigenvalue weighted by Crippen LogP contribution is -2.32. The van der Waals surface area contributed by atoms with Gasteiger partial charge in [-0.2, -0.15) is 0 Å². The molecule has 0 spiro atoms. The lowest BCUT2D eigenvalue weighted by Gasteiger charge is -2.05. The van der Waals surface area contributed by atoms with E-state index in [0.29, 0.717) is 6.42 Å². The molecule has 1 amide bonds. The number of aliphatic carboxylic acids is 1. The van der Waals surface area contributed by atoms with Gasteiger partial charge in [-0.25, -0.2) is 0 Å². The molecule has 1 saturated carbocycles. The first-order chi connectivity index (χ1) is 6.02. The van der Waals surface area contributed by atoms with Gasteiger partial charge < -0.3 is 15.5 Å². The van der Waals surface area contributed by atoms with Gasteiger partial charge in [-0.05, 0) is 13.3 Å². The lowest BCUT2D eigenvalue weighted by atomic mass is 10.3. The van der Waals surface area contributed by atoms with Gasteiger partial charge in [0.15, 0.2) is 0 Å². The Kier molecular flexibility index (Phi) is 2.87. The summed E-state index contributed by atoms with van der Waals surface area (Å²) in [6.07, 6.45) is -0.174. The van der Waals surface area contributed by atoms with E-state index in [1.807, 2.05) is 0 Å². The molecule has 0 heterocycles. The maximum absolute atomic E-state index is 11.1. The molecule has 0 radical (unpaired) electrons. The van der Waals surface area contributed by atoms with Crippen molar-refractivity contribution in [3.8, 4) is 0 Å². The normalized spacial score (nSPS) is 27.8. The summed E-state index contributed by atoms with van der Waals surface area (Å²) < 4.78 is 0. The second-order valence-electron chi connectivity index (χ2n) is 3.38. The van der Waals surface area contributed by atoms with Gasteiger partial charge in [-0.15, -0.1) is 0 Å². The van der Waals surface area contributed by atoms with E-state index in [2.05, 4.69) is 5.32 Å². The summed E-state index contributed by atoms with van der Waals surface area (Å²) in [6.45, 7) is 1.74. The van der Waals surface area contributed by atoms with Crippen LogP contribution in [0.25, 0.3) is 0 Å². The van der Waals surface area contributed by atoms with Crippen molar-refractivity contribution in [2.24, 2.45) is 11.8 Å². The molecule has 0 aromatic carbocycles. The number of amides is 1. The molecule has 0 aliphatic heterocycles. The summed E-state index contributed by atoms with van der Waals surface area (Å²) in [4.78, 5) is 21.5. The minimum absolute atomic E-state index is 0.182. The number of carboxylic acid groups (broad SMARTS) is 1. The van der Waals surface area contributed by atoms with Gasteiger partial charge >= 0.3 is 5.97 Å². The lowest BCUT2D eigenvalue weighted by molar-refractivity contribution is -0.140. The summed E-state index contributed by atoms with van der Waals surface area (Å²) in [6, 6.07) is 0. The average molecular weight is 187 g/mol. The van der Waals surface area contributed by atoms with Gasteiger partial charge in [0.05, 0.1) is 17.9 Å². The largest absolute Gasteiger partial charge is 0.481 e. The Morgan fingerprint density at radius 1 is 1.54 bits per heavy atom. The van der Waals surface area contributed by atoms with E-state index in [-0.39, 0.29) is 12.5 Å². The molecular weight excluding hydrogens is 174 g/mol. The van der Waals surface area contributed by atoms with Crippen molar-refractivity contribution in [3.63, 3.8) is 0 Å². The molecule has 1 rings (SSSR count). The Labute approximate surface area is 75.7 Å². The van der Waals surface area contributed by atoms with Crippen LogP contribution in [0.3, 0.4) is 0 Å². The molecule has 2 unspecified atom stereocenters. The van der Waals surface area contributed by atoms with Crippen molar-refractivity contribution in [3.05, 3.63) is 0 Å². The predicted molar refractivity (Wildman–Crippen MR) is 43.9 cm³/mol. The highest BCUT2D eigenvalue weighted by atomic mass is 16.4. The maximum Gasteiger partial charge on any atom is 0.307 e. The van der Waals surface area contributed by atoms with Crippen LogP contribution < -0.4 is 5.32 Å². The molecule has 1 fully saturated rings. The molecule has 0 bridgehead atoms.